The smallest absolute Gasteiger partial charge is 0.206 e. The number of rotatable bonds is 3. The second kappa shape index (κ2) is 6.94. The first-order valence-electron chi connectivity index (χ1n) is 8.87. The third kappa shape index (κ3) is 3.47. The van der Waals surface area contributed by atoms with E-state index in [0.717, 1.165) is 31.8 Å². The molecule has 2 aromatic heterocycles. The first-order chi connectivity index (χ1) is 11.8. The number of hydrogen-bond acceptors (Lipinski definition) is 6. The van der Waals surface area contributed by atoms with Crippen molar-refractivity contribution < 1.29 is 4.74 Å². The highest BCUT2D eigenvalue weighted by molar-refractivity contribution is 5.52. The molecular formula is C17H24N6O. The van der Waals surface area contributed by atoms with Crippen molar-refractivity contribution in [2.24, 2.45) is 0 Å². The van der Waals surface area contributed by atoms with E-state index in [2.05, 4.69) is 36.6 Å². The first kappa shape index (κ1) is 15.7. The topological polar surface area (TPSA) is 79.8 Å². The summed E-state index contributed by atoms with van der Waals surface area (Å²) in [4.78, 5) is 6.85. The number of hydrogen-bond donors (Lipinski definition) is 1. The van der Waals surface area contributed by atoms with Crippen molar-refractivity contribution in [3.05, 3.63) is 24.0 Å². The largest absolute Gasteiger partial charge is 0.372 e. The molecule has 24 heavy (non-hydrogen) atoms. The van der Waals surface area contributed by atoms with Gasteiger partial charge in [-0.05, 0) is 29.7 Å². The number of nitrogens with zero attached hydrogens (tertiary/aromatic N) is 5. The quantitative estimate of drug-likeness (QED) is 0.930. The fourth-order valence-electron chi connectivity index (χ4n) is 3.97. The Balaban J connectivity index is 1.46. The van der Waals surface area contributed by atoms with Gasteiger partial charge >= 0.3 is 0 Å². The minimum atomic E-state index is 0.0768. The average molecular weight is 328 g/mol. The van der Waals surface area contributed by atoms with Crippen LogP contribution in [0.25, 0.3) is 11.4 Å². The summed E-state index contributed by atoms with van der Waals surface area (Å²) in [6.07, 6.45) is 11.4. The molecule has 2 fully saturated rings. The minimum Gasteiger partial charge on any atom is -0.372 e. The second-order valence-electron chi connectivity index (χ2n) is 6.97. The summed E-state index contributed by atoms with van der Waals surface area (Å²) in [6, 6.07) is 2.10. The van der Waals surface area contributed by atoms with Crippen molar-refractivity contribution in [3.63, 3.8) is 0 Å². The maximum absolute atomic E-state index is 6.25. The van der Waals surface area contributed by atoms with Gasteiger partial charge in [-0.1, -0.05) is 25.7 Å². The summed E-state index contributed by atoms with van der Waals surface area (Å²) in [6.45, 7) is 3.73. The first-order valence-corrected chi connectivity index (χ1v) is 8.87. The van der Waals surface area contributed by atoms with Crippen LogP contribution in [0, 0.1) is 0 Å². The normalized spacial score (nSPS) is 21.7. The van der Waals surface area contributed by atoms with Crippen LogP contribution in [0.5, 0.6) is 0 Å². The van der Waals surface area contributed by atoms with Crippen LogP contribution in [0.4, 0.5) is 0 Å². The standard InChI is InChI=1S/C17H24N6O/c1-2-4-6-17(5-3-1)13-23(7-8-24-17)12-14-9-15(11-18-10-14)16-19-21-22-20-16/h9-11H,1-8,12-13H2,(H,19,20,21,22). The molecule has 0 unspecified atom stereocenters. The fourth-order valence-corrected chi connectivity index (χ4v) is 3.97. The molecule has 1 N–H and O–H groups in total. The zero-order valence-electron chi connectivity index (χ0n) is 13.9. The van der Waals surface area contributed by atoms with E-state index in [1.165, 1.54) is 44.1 Å². The van der Waals surface area contributed by atoms with Crippen LogP contribution in [-0.2, 0) is 11.3 Å². The van der Waals surface area contributed by atoms with Gasteiger partial charge in [-0.2, -0.15) is 5.21 Å². The van der Waals surface area contributed by atoms with Crippen molar-refractivity contribution in [2.75, 3.05) is 19.7 Å². The number of pyridine rings is 1. The molecule has 3 heterocycles. The molecule has 2 aromatic rings. The number of aromatic nitrogens is 5. The number of tetrazole rings is 1. The third-order valence-electron chi connectivity index (χ3n) is 5.15. The minimum absolute atomic E-state index is 0.0768. The van der Waals surface area contributed by atoms with Gasteiger partial charge in [-0.15, -0.1) is 10.2 Å². The molecule has 1 saturated heterocycles. The molecule has 0 atom stereocenters. The Labute approximate surface area is 141 Å². The summed E-state index contributed by atoms with van der Waals surface area (Å²) in [5.41, 5.74) is 2.16. The van der Waals surface area contributed by atoms with Gasteiger partial charge in [0.2, 0.25) is 5.82 Å². The maximum atomic E-state index is 6.25. The molecule has 7 heteroatoms. The molecule has 1 saturated carbocycles. The van der Waals surface area contributed by atoms with Crippen LogP contribution in [0.15, 0.2) is 18.5 Å². The Kier molecular flexibility index (Phi) is 4.53. The van der Waals surface area contributed by atoms with Crippen LogP contribution < -0.4 is 0 Å². The van der Waals surface area contributed by atoms with Crippen LogP contribution in [0.3, 0.4) is 0 Å². The lowest BCUT2D eigenvalue weighted by atomic mass is 9.92. The summed E-state index contributed by atoms with van der Waals surface area (Å²) in [5, 5.41) is 14.2. The molecule has 2 aliphatic rings. The van der Waals surface area contributed by atoms with Crippen LogP contribution in [-0.4, -0.2) is 55.8 Å². The highest BCUT2D eigenvalue weighted by Crippen LogP contribution is 2.33. The zero-order chi connectivity index (χ0) is 16.2. The van der Waals surface area contributed by atoms with Crippen molar-refractivity contribution in [1.82, 2.24) is 30.5 Å². The number of nitrogens with one attached hydrogen (secondary N) is 1. The van der Waals surface area contributed by atoms with E-state index >= 15 is 0 Å². The van der Waals surface area contributed by atoms with Gasteiger partial charge in [0, 0.05) is 37.6 Å². The molecule has 1 aliphatic heterocycles. The van der Waals surface area contributed by atoms with E-state index in [-0.39, 0.29) is 5.60 Å². The Hall–Kier alpha value is -1.86. The van der Waals surface area contributed by atoms with E-state index in [0.29, 0.717) is 5.82 Å². The Morgan fingerprint density at radius 2 is 2.04 bits per heavy atom. The summed E-state index contributed by atoms with van der Waals surface area (Å²) in [7, 11) is 0. The average Bonchev–Trinajstić information content (AvgIpc) is 3.05. The van der Waals surface area contributed by atoms with Gasteiger partial charge in [0.05, 0.1) is 12.2 Å². The summed E-state index contributed by atoms with van der Waals surface area (Å²) in [5.74, 6) is 0.589. The van der Waals surface area contributed by atoms with Crippen molar-refractivity contribution in [2.45, 2.75) is 50.7 Å². The highest BCUT2D eigenvalue weighted by Gasteiger charge is 2.36. The zero-order valence-corrected chi connectivity index (χ0v) is 13.9. The second-order valence-corrected chi connectivity index (χ2v) is 6.97. The third-order valence-corrected chi connectivity index (χ3v) is 5.15. The van der Waals surface area contributed by atoms with E-state index < -0.39 is 0 Å². The fraction of sp³-hybridized carbons (Fsp3) is 0.647. The lowest BCUT2D eigenvalue weighted by Crippen LogP contribution is -2.51. The van der Waals surface area contributed by atoms with Gasteiger partial charge in [0.15, 0.2) is 0 Å². The maximum Gasteiger partial charge on any atom is 0.206 e. The van der Waals surface area contributed by atoms with E-state index in [9.17, 15) is 0 Å². The van der Waals surface area contributed by atoms with Gasteiger partial charge in [0.1, 0.15) is 0 Å². The van der Waals surface area contributed by atoms with Crippen LogP contribution in [0.2, 0.25) is 0 Å². The molecule has 0 aromatic carbocycles. The predicted octanol–water partition coefficient (Wildman–Crippen LogP) is 2.19. The summed E-state index contributed by atoms with van der Waals surface area (Å²) >= 11 is 0. The van der Waals surface area contributed by atoms with E-state index in [1.807, 2.05) is 6.20 Å². The lowest BCUT2D eigenvalue weighted by molar-refractivity contribution is -0.119. The SMILES string of the molecule is c1ncc(-c2nn[nH]n2)cc1CN1CCOC2(CCCCCC2)C1. The van der Waals surface area contributed by atoms with E-state index in [1.54, 1.807) is 6.20 Å². The van der Waals surface area contributed by atoms with Crippen LogP contribution >= 0.6 is 0 Å². The van der Waals surface area contributed by atoms with Gasteiger partial charge in [-0.3, -0.25) is 9.88 Å². The monoisotopic (exact) mass is 328 g/mol. The highest BCUT2D eigenvalue weighted by atomic mass is 16.5. The summed E-state index contributed by atoms with van der Waals surface area (Å²) < 4.78 is 6.25. The van der Waals surface area contributed by atoms with Gasteiger partial charge in [0.25, 0.3) is 0 Å². The predicted molar refractivity (Wildman–Crippen MR) is 89.1 cm³/mol. The number of aromatic amines is 1. The molecule has 0 amide bonds. The van der Waals surface area contributed by atoms with E-state index in [4.69, 9.17) is 4.74 Å². The van der Waals surface area contributed by atoms with Gasteiger partial charge in [-0.25, -0.2) is 0 Å². The van der Waals surface area contributed by atoms with Crippen LogP contribution in [0.1, 0.15) is 44.1 Å². The molecule has 0 radical (unpaired) electrons. The van der Waals surface area contributed by atoms with Crippen molar-refractivity contribution >= 4 is 0 Å². The van der Waals surface area contributed by atoms with Crippen molar-refractivity contribution in [1.29, 1.82) is 0 Å². The molecule has 128 valence electrons. The molecule has 1 aliphatic carbocycles. The number of morpholine rings is 1. The van der Waals surface area contributed by atoms with Crippen molar-refractivity contribution in [3.8, 4) is 11.4 Å². The Morgan fingerprint density at radius 3 is 2.83 bits per heavy atom. The lowest BCUT2D eigenvalue weighted by Gasteiger charge is -2.42. The molecular weight excluding hydrogens is 304 g/mol. The number of ether oxygens (including phenoxy) is 1. The molecule has 0 bridgehead atoms. The molecule has 1 spiro atoms. The van der Waals surface area contributed by atoms with Gasteiger partial charge < -0.3 is 4.74 Å². The Bertz CT molecular complexity index is 651. The molecule has 4 rings (SSSR count). The number of H-pyrrole nitrogens is 1. The molecule has 7 nitrogen and oxygen atoms in total. The Morgan fingerprint density at radius 1 is 1.17 bits per heavy atom.